The van der Waals surface area contributed by atoms with Gasteiger partial charge in [-0.25, -0.2) is 0 Å². The lowest BCUT2D eigenvalue weighted by Gasteiger charge is -2.30. The number of benzene rings is 2. The average molecular weight is 471 g/mol. The number of carbonyl (C=O) groups is 2. The maximum Gasteiger partial charge on any atom is 0.243 e. The van der Waals surface area contributed by atoms with Gasteiger partial charge < -0.3 is 10.2 Å². The van der Waals surface area contributed by atoms with Gasteiger partial charge in [0, 0.05) is 31.4 Å². The van der Waals surface area contributed by atoms with E-state index in [1.807, 2.05) is 34.0 Å². The standard InChI is InChI=1S/C29H34N4O2/c34-28(27-12-6-19-33(27)29(35)24-8-2-1-3-9-24)30-20-25-10-4-5-11-26(25)23-15-13-22(14-16-23)21-32-18-7-17-31-32/h4-5,7,10-11,13-18,24,27H,1-3,6,8-9,12,19-21H2,(H,30,34). The zero-order valence-electron chi connectivity index (χ0n) is 20.2. The molecule has 1 atom stereocenters. The molecule has 6 heteroatoms. The Morgan fingerprint density at radius 2 is 1.71 bits per heavy atom. The van der Waals surface area contributed by atoms with Crippen molar-refractivity contribution in [3.05, 3.63) is 78.1 Å². The highest BCUT2D eigenvalue weighted by molar-refractivity contribution is 5.89. The molecule has 35 heavy (non-hydrogen) atoms. The van der Waals surface area contributed by atoms with E-state index in [9.17, 15) is 9.59 Å². The van der Waals surface area contributed by atoms with Crippen molar-refractivity contribution in [2.24, 2.45) is 5.92 Å². The van der Waals surface area contributed by atoms with Crippen LogP contribution in [0.1, 0.15) is 56.1 Å². The van der Waals surface area contributed by atoms with Crippen molar-refractivity contribution in [1.29, 1.82) is 0 Å². The van der Waals surface area contributed by atoms with Gasteiger partial charge in [0.2, 0.25) is 11.8 Å². The molecule has 2 amide bonds. The van der Waals surface area contributed by atoms with Gasteiger partial charge in [-0.3, -0.25) is 14.3 Å². The van der Waals surface area contributed by atoms with E-state index >= 15 is 0 Å². The molecule has 0 bridgehead atoms. The largest absolute Gasteiger partial charge is 0.350 e. The van der Waals surface area contributed by atoms with Gasteiger partial charge in [0.05, 0.1) is 6.54 Å². The summed E-state index contributed by atoms with van der Waals surface area (Å²) in [6, 6.07) is 18.3. The minimum Gasteiger partial charge on any atom is -0.350 e. The second-order valence-electron chi connectivity index (χ2n) is 9.80. The van der Waals surface area contributed by atoms with Gasteiger partial charge in [-0.15, -0.1) is 0 Å². The SMILES string of the molecule is O=C(NCc1ccccc1-c1ccc(Cn2cccn2)cc1)C1CCCN1C(=O)C1CCCCC1. The van der Waals surface area contributed by atoms with Gasteiger partial charge in [0.15, 0.2) is 0 Å². The lowest BCUT2D eigenvalue weighted by Crippen LogP contribution is -2.48. The molecule has 6 nitrogen and oxygen atoms in total. The van der Waals surface area contributed by atoms with Crippen molar-refractivity contribution in [1.82, 2.24) is 20.0 Å². The van der Waals surface area contributed by atoms with E-state index in [0.717, 1.165) is 61.8 Å². The fourth-order valence-electron chi connectivity index (χ4n) is 5.51. The number of amides is 2. The van der Waals surface area contributed by atoms with Crippen LogP contribution in [0.5, 0.6) is 0 Å². The summed E-state index contributed by atoms with van der Waals surface area (Å²) in [7, 11) is 0. The summed E-state index contributed by atoms with van der Waals surface area (Å²) in [5.74, 6) is 0.267. The molecule has 0 radical (unpaired) electrons. The van der Waals surface area contributed by atoms with Crippen LogP contribution in [-0.2, 0) is 22.7 Å². The molecule has 2 aliphatic rings. The molecule has 1 N–H and O–H groups in total. The van der Waals surface area contributed by atoms with E-state index in [-0.39, 0.29) is 23.8 Å². The Labute approximate surface area is 207 Å². The molecular weight excluding hydrogens is 436 g/mol. The Balaban J connectivity index is 1.23. The Hall–Kier alpha value is -3.41. The number of aromatic nitrogens is 2. The first-order valence-electron chi connectivity index (χ1n) is 12.9. The van der Waals surface area contributed by atoms with Crippen LogP contribution in [-0.4, -0.2) is 39.1 Å². The smallest absolute Gasteiger partial charge is 0.243 e. The van der Waals surface area contributed by atoms with Crippen molar-refractivity contribution in [2.75, 3.05) is 6.54 Å². The summed E-state index contributed by atoms with van der Waals surface area (Å²) >= 11 is 0. The highest BCUT2D eigenvalue weighted by Crippen LogP contribution is 2.29. The first-order chi connectivity index (χ1) is 17.2. The van der Waals surface area contributed by atoms with Crippen molar-refractivity contribution >= 4 is 11.8 Å². The summed E-state index contributed by atoms with van der Waals surface area (Å²) in [6.45, 7) is 1.89. The van der Waals surface area contributed by atoms with E-state index in [4.69, 9.17) is 0 Å². The second kappa shape index (κ2) is 10.9. The third kappa shape index (κ3) is 5.47. The Morgan fingerprint density at radius 1 is 0.914 bits per heavy atom. The molecule has 1 saturated heterocycles. The van der Waals surface area contributed by atoms with E-state index < -0.39 is 0 Å². The molecule has 0 spiro atoms. The minimum atomic E-state index is -0.335. The van der Waals surface area contributed by atoms with Gasteiger partial charge in [-0.1, -0.05) is 67.8 Å². The fraction of sp³-hybridized carbons (Fsp3) is 0.414. The van der Waals surface area contributed by atoms with Crippen LogP contribution >= 0.6 is 0 Å². The summed E-state index contributed by atoms with van der Waals surface area (Å²) in [6.07, 6.45) is 10.8. The molecule has 1 aliphatic heterocycles. The number of nitrogens with zero attached hydrogens (tertiary/aromatic N) is 3. The Bertz CT molecular complexity index is 1130. The first-order valence-corrected chi connectivity index (χ1v) is 12.9. The Kier molecular flexibility index (Phi) is 7.26. The first kappa shape index (κ1) is 23.3. The van der Waals surface area contributed by atoms with E-state index in [1.54, 1.807) is 6.20 Å². The van der Waals surface area contributed by atoms with Crippen LogP contribution in [0.2, 0.25) is 0 Å². The van der Waals surface area contributed by atoms with Crippen LogP contribution in [0.4, 0.5) is 0 Å². The van der Waals surface area contributed by atoms with Gasteiger partial charge in [0.25, 0.3) is 0 Å². The summed E-state index contributed by atoms with van der Waals surface area (Å²) in [5, 5.41) is 7.41. The zero-order chi connectivity index (χ0) is 24.0. The van der Waals surface area contributed by atoms with Gasteiger partial charge in [-0.05, 0) is 54.0 Å². The monoisotopic (exact) mass is 470 g/mol. The number of hydrogen-bond acceptors (Lipinski definition) is 3. The predicted octanol–water partition coefficient (Wildman–Crippen LogP) is 4.79. The average Bonchev–Trinajstić information content (AvgIpc) is 3.61. The fourth-order valence-corrected chi connectivity index (χ4v) is 5.51. The van der Waals surface area contributed by atoms with Crippen LogP contribution < -0.4 is 5.32 Å². The lowest BCUT2D eigenvalue weighted by molar-refractivity contribution is -0.142. The summed E-state index contributed by atoms with van der Waals surface area (Å²) in [4.78, 5) is 28.1. The number of nitrogens with one attached hydrogen (secondary N) is 1. The summed E-state index contributed by atoms with van der Waals surface area (Å²) in [5.41, 5.74) is 4.49. The van der Waals surface area contributed by atoms with Crippen LogP contribution in [0.3, 0.4) is 0 Å². The molecule has 182 valence electrons. The van der Waals surface area contributed by atoms with Gasteiger partial charge in [-0.2, -0.15) is 5.10 Å². The third-order valence-corrected chi connectivity index (χ3v) is 7.43. The molecule has 5 rings (SSSR count). The van der Waals surface area contributed by atoms with Crippen molar-refractivity contribution in [3.8, 4) is 11.1 Å². The molecule has 2 fully saturated rings. The molecule has 1 saturated carbocycles. The highest BCUT2D eigenvalue weighted by Gasteiger charge is 2.37. The van der Waals surface area contributed by atoms with Crippen LogP contribution in [0.25, 0.3) is 11.1 Å². The second-order valence-corrected chi connectivity index (χ2v) is 9.80. The van der Waals surface area contributed by atoms with Crippen LogP contribution in [0.15, 0.2) is 67.0 Å². The van der Waals surface area contributed by atoms with E-state index in [1.165, 1.54) is 12.0 Å². The maximum atomic E-state index is 13.1. The van der Waals surface area contributed by atoms with Crippen LogP contribution in [0, 0.1) is 5.92 Å². The van der Waals surface area contributed by atoms with Crippen molar-refractivity contribution in [2.45, 2.75) is 64.1 Å². The number of likely N-dealkylation sites (tertiary alicyclic amines) is 1. The normalized spacial score (nSPS) is 18.5. The molecule has 2 aromatic carbocycles. The topological polar surface area (TPSA) is 67.2 Å². The zero-order valence-corrected chi connectivity index (χ0v) is 20.2. The molecule has 1 unspecified atom stereocenters. The Morgan fingerprint density at radius 3 is 2.49 bits per heavy atom. The lowest BCUT2D eigenvalue weighted by atomic mass is 9.88. The number of carbonyl (C=O) groups excluding carboxylic acids is 2. The third-order valence-electron chi connectivity index (χ3n) is 7.43. The van der Waals surface area contributed by atoms with Gasteiger partial charge in [0.1, 0.15) is 6.04 Å². The molecule has 3 aromatic rings. The van der Waals surface area contributed by atoms with Gasteiger partial charge >= 0.3 is 0 Å². The number of rotatable bonds is 7. The molecule has 2 heterocycles. The quantitative estimate of drug-likeness (QED) is 0.540. The van der Waals surface area contributed by atoms with E-state index in [0.29, 0.717) is 13.1 Å². The minimum absolute atomic E-state index is 0.0315. The van der Waals surface area contributed by atoms with Crippen molar-refractivity contribution < 1.29 is 9.59 Å². The van der Waals surface area contributed by atoms with E-state index in [2.05, 4.69) is 46.8 Å². The predicted molar refractivity (Wildman–Crippen MR) is 136 cm³/mol. The number of hydrogen-bond donors (Lipinski definition) is 1. The molecular formula is C29H34N4O2. The molecule has 1 aliphatic carbocycles. The maximum absolute atomic E-state index is 13.1. The highest BCUT2D eigenvalue weighted by atomic mass is 16.2. The summed E-state index contributed by atoms with van der Waals surface area (Å²) < 4.78 is 1.91. The molecule has 1 aromatic heterocycles. The van der Waals surface area contributed by atoms with Crippen molar-refractivity contribution in [3.63, 3.8) is 0 Å².